The number of carbonyl (C=O) groups excluding carboxylic acids is 1. The second kappa shape index (κ2) is 9.71. The standard InChI is InChI=1S/C25H29N5O4S/c1-34-23-10-9-19(17-24(23)35(32,33)30-11-5-6-12-30)21-18-22(27-26-21)25(31)29-15-13-28(14-16-29)20-7-3-2-4-8-20/h2-4,7-10,17-18H,5-6,11-16H2,1H3,(H,26,27). The maximum Gasteiger partial charge on any atom is 0.272 e. The van der Waals surface area contributed by atoms with Crippen molar-refractivity contribution in [1.82, 2.24) is 19.4 Å². The number of nitrogens with one attached hydrogen (secondary N) is 1. The lowest BCUT2D eigenvalue weighted by atomic mass is 10.1. The van der Waals surface area contributed by atoms with Gasteiger partial charge in [0.2, 0.25) is 10.0 Å². The molecule has 1 amide bonds. The van der Waals surface area contributed by atoms with Crippen LogP contribution in [-0.2, 0) is 10.0 Å². The molecule has 0 atom stereocenters. The fourth-order valence-corrected chi connectivity index (χ4v) is 6.36. The van der Waals surface area contributed by atoms with Gasteiger partial charge in [-0.15, -0.1) is 0 Å². The minimum Gasteiger partial charge on any atom is -0.495 e. The van der Waals surface area contributed by atoms with Crippen LogP contribution in [0.25, 0.3) is 11.3 Å². The maximum atomic E-state index is 13.2. The number of amides is 1. The van der Waals surface area contributed by atoms with Crippen molar-refractivity contribution >= 4 is 21.6 Å². The molecule has 9 nitrogen and oxygen atoms in total. The molecule has 2 aliphatic rings. The van der Waals surface area contributed by atoms with E-state index >= 15 is 0 Å². The number of para-hydroxylation sites is 1. The Hall–Kier alpha value is -3.37. The van der Waals surface area contributed by atoms with E-state index in [1.165, 1.54) is 11.4 Å². The number of anilines is 1. The Bertz CT molecular complexity index is 1290. The average Bonchev–Trinajstić information content (AvgIpc) is 3.62. The van der Waals surface area contributed by atoms with Crippen LogP contribution >= 0.6 is 0 Å². The number of rotatable bonds is 6. The van der Waals surface area contributed by atoms with Gasteiger partial charge in [-0.2, -0.15) is 9.40 Å². The summed E-state index contributed by atoms with van der Waals surface area (Å²) in [7, 11) is -2.22. The first kappa shape index (κ1) is 23.4. The van der Waals surface area contributed by atoms with Crippen molar-refractivity contribution in [3.8, 4) is 17.0 Å². The molecule has 0 unspecified atom stereocenters. The van der Waals surface area contributed by atoms with Crippen molar-refractivity contribution in [3.63, 3.8) is 0 Å². The van der Waals surface area contributed by atoms with Gasteiger partial charge in [0.25, 0.3) is 5.91 Å². The molecule has 2 saturated heterocycles. The van der Waals surface area contributed by atoms with Gasteiger partial charge in [0, 0.05) is 50.5 Å². The highest BCUT2D eigenvalue weighted by atomic mass is 32.2. The number of nitrogens with zero attached hydrogens (tertiary/aromatic N) is 4. The largest absolute Gasteiger partial charge is 0.495 e. The van der Waals surface area contributed by atoms with Crippen LogP contribution < -0.4 is 9.64 Å². The molecule has 10 heteroatoms. The van der Waals surface area contributed by atoms with Gasteiger partial charge in [-0.3, -0.25) is 9.89 Å². The smallest absolute Gasteiger partial charge is 0.272 e. The van der Waals surface area contributed by atoms with Crippen molar-refractivity contribution in [2.75, 3.05) is 51.3 Å². The van der Waals surface area contributed by atoms with Crippen LogP contribution in [0.1, 0.15) is 23.3 Å². The third-order valence-corrected chi connectivity index (χ3v) is 8.56. The zero-order valence-electron chi connectivity index (χ0n) is 19.7. The number of aromatic amines is 1. The van der Waals surface area contributed by atoms with E-state index in [1.54, 1.807) is 24.3 Å². The maximum absolute atomic E-state index is 13.2. The van der Waals surface area contributed by atoms with Gasteiger partial charge < -0.3 is 14.5 Å². The number of sulfonamides is 1. The summed E-state index contributed by atoms with van der Waals surface area (Å²) in [5, 5.41) is 7.15. The molecule has 5 rings (SSSR count). The van der Waals surface area contributed by atoms with E-state index in [1.807, 2.05) is 23.1 Å². The van der Waals surface area contributed by atoms with Crippen molar-refractivity contribution in [2.45, 2.75) is 17.7 Å². The molecule has 0 aliphatic carbocycles. The zero-order valence-corrected chi connectivity index (χ0v) is 20.5. The second-order valence-corrected chi connectivity index (χ2v) is 10.7. The summed E-state index contributed by atoms with van der Waals surface area (Å²) in [6.07, 6.45) is 1.71. The highest BCUT2D eigenvalue weighted by Crippen LogP contribution is 2.33. The Morgan fingerprint density at radius 3 is 2.34 bits per heavy atom. The molecule has 1 N–H and O–H groups in total. The molecular formula is C25H29N5O4S. The van der Waals surface area contributed by atoms with E-state index in [0.29, 0.717) is 48.9 Å². The number of ether oxygens (including phenoxy) is 1. The number of H-pyrrole nitrogens is 1. The van der Waals surface area contributed by atoms with Crippen LogP contribution in [0, 0.1) is 0 Å². The van der Waals surface area contributed by atoms with E-state index in [9.17, 15) is 13.2 Å². The Morgan fingerprint density at radius 1 is 0.943 bits per heavy atom. The number of methoxy groups -OCH3 is 1. The molecule has 0 spiro atoms. The summed E-state index contributed by atoms with van der Waals surface area (Å²) < 4.78 is 33.2. The fourth-order valence-electron chi connectivity index (χ4n) is 4.66. The van der Waals surface area contributed by atoms with E-state index in [2.05, 4.69) is 27.2 Å². The highest BCUT2D eigenvalue weighted by molar-refractivity contribution is 7.89. The van der Waals surface area contributed by atoms with Crippen LogP contribution in [-0.4, -0.2) is 80.1 Å². The summed E-state index contributed by atoms with van der Waals surface area (Å²) in [4.78, 5) is 17.3. The lowest BCUT2D eigenvalue weighted by Gasteiger charge is -2.35. The molecule has 35 heavy (non-hydrogen) atoms. The molecule has 0 bridgehead atoms. The first-order chi connectivity index (χ1) is 17.0. The van der Waals surface area contributed by atoms with Gasteiger partial charge in [0.1, 0.15) is 16.3 Å². The van der Waals surface area contributed by atoms with Gasteiger partial charge >= 0.3 is 0 Å². The first-order valence-corrected chi connectivity index (χ1v) is 13.2. The van der Waals surface area contributed by atoms with Crippen molar-refractivity contribution in [3.05, 3.63) is 60.3 Å². The molecule has 3 heterocycles. The molecule has 2 aromatic carbocycles. The first-order valence-electron chi connectivity index (χ1n) is 11.8. The molecule has 0 saturated carbocycles. The van der Waals surface area contributed by atoms with Gasteiger partial charge in [-0.05, 0) is 49.2 Å². The van der Waals surface area contributed by atoms with E-state index in [-0.39, 0.29) is 10.8 Å². The highest BCUT2D eigenvalue weighted by Gasteiger charge is 2.31. The minimum atomic E-state index is -3.68. The normalized spacial score (nSPS) is 17.1. The molecule has 184 valence electrons. The van der Waals surface area contributed by atoms with Gasteiger partial charge in [-0.25, -0.2) is 8.42 Å². The molecule has 0 radical (unpaired) electrons. The molecule has 1 aromatic heterocycles. The van der Waals surface area contributed by atoms with E-state index in [4.69, 9.17) is 4.74 Å². The van der Waals surface area contributed by atoms with Gasteiger partial charge in [-0.1, -0.05) is 18.2 Å². The second-order valence-electron chi connectivity index (χ2n) is 8.76. The van der Waals surface area contributed by atoms with Gasteiger partial charge in [0.05, 0.1) is 12.8 Å². The van der Waals surface area contributed by atoms with Crippen LogP contribution in [0.15, 0.2) is 59.5 Å². The Balaban J connectivity index is 1.33. The van der Waals surface area contributed by atoms with Crippen LogP contribution in [0.3, 0.4) is 0 Å². The predicted octanol–water partition coefficient (Wildman–Crippen LogP) is 2.83. The van der Waals surface area contributed by atoms with Crippen molar-refractivity contribution in [2.24, 2.45) is 0 Å². The Morgan fingerprint density at radius 2 is 1.66 bits per heavy atom. The van der Waals surface area contributed by atoms with Crippen molar-refractivity contribution in [1.29, 1.82) is 0 Å². The quantitative estimate of drug-likeness (QED) is 0.565. The lowest BCUT2D eigenvalue weighted by Crippen LogP contribution is -2.48. The van der Waals surface area contributed by atoms with Gasteiger partial charge in [0.15, 0.2) is 0 Å². The van der Waals surface area contributed by atoms with Crippen LogP contribution in [0.4, 0.5) is 5.69 Å². The monoisotopic (exact) mass is 495 g/mol. The number of hydrogen-bond donors (Lipinski definition) is 1. The lowest BCUT2D eigenvalue weighted by molar-refractivity contribution is 0.0741. The number of aromatic nitrogens is 2. The number of benzene rings is 2. The number of piperazine rings is 1. The van der Waals surface area contributed by atoms with Crippen LogP contribution in [0.5, 0.6) is 5.75 Å². The van der Waals surface area contributed by atoms with Crippen molar-refractivity contribution < 1.29 is 17.9 Å². The Labute approximate surface area is 205 Å². The summed E-state index contributed by atoms with van der Waals surface area (Å²) in [5.41, 5.74) is 2.65. The predicted molar refractivity (Wildman–Crippen MR) is 133 cm³/mol. The summed E-state index contributed by atoms with van der Waals surface area (Å²) in [5.74, 6) is 0.179. The number of hydrogen-bond acceptors (Lipinski definition) is 6. The third-order valence-electron chi connectivity index (χ3n) is 6.64. The number of carbonyl (C=O) groups is 1. The molecule has 2 aliphatic heterocycles. The average molecular weight is 496 g/mol. The molecule has 3 aromatic rings. The summed E-state index contributed by atoms with van der Waals surface area (Å²) in [6, 6.07) is 16.8. The SMILES string of the molecule is COc1ccc(-c2cc(C(=O)N3CCN(c4ccccc4)CC3)[nH]n2)cc1S(=O)(=O)N1CCCC1. The van der Waals surface area contributed by atoms with E-state index in [0.717, 1.165) is 31.6 Å². The fraction of sp³-hybridized carbons (Fsp3) is 0.360. The molecular weight excluding hydrogens is 466 g/mol. The van der Waals surface area contributed by atoms with Crippen LogP contribution in [0.2, 0.25) is 0 Å². The minimum absolute atomic E-state index is 0.116. The molecule has 2 fully saturated rings. The topological polar surface area (TPSA) is 98.8 Å². The van der Waals surface area contributed by atoms with E-state index < -0.39 is 10.0 Å². The summed E-state index contributed by atoms with van der Waals surface area (Å²) >= 11 is 0. The summed E-state index contributed by atoms with van der Waals surface area (Å²) in [6.45, 7) is 3.76. The zero-order chi connectivity index (χ0) is 24.4. The Kier molecular flexibility index (Phi) is 6.48. The third kappa shape index (κ3) is 4.63.